The van der Waals surface area contributed by atoms with Crippen molar-refractivity contribution in [1.82, 2.24) is 0 Å². The zero-order chi connectivity index (χ0) is 18.0. The molecule has 0 heterocycles. The molecule has 0 aliphatic carbocycles. The first-order valence-corrected chi connectivity index (χ1v) is 8.26. The first kappa shape index (κ1) is 20.0. The summed E-state index contributed by atoms with van der Waals surface area (Å²) in [5.41, 5.74) is 1.22. The summed E-state index contributed by atoms with van der Waals surface area (Å²) >= 11 is 0. The number of carbonyl (C=O) groups excluding carboxylic acids is 1. The van der Waals surface area contributed by atoms with Crippen LogP contribution in [0.15, 0.2) is 30.3 Å². The first-order valence-electron chi connectivity index (χ1n) is 8.26. The van der Waals surface area contributed by atoms with Crippen molar-refractivity contribution in [2.45, 2.75) is 44.9 Å². The Labute approximate surface area is 151 Å². The monoisotopic (exact) mass is 330 g/mol. The maximum Gasteiger partial charge on any atom is 0.305 e. The highest BCUT2D eigenvalue weighted by atomic mass is 16.5. The Morgan fingerprint density at radius 1 is 0.840 bits per heavy atom. The van der Waals surface area contributed by atoms with Crippen LogP contribution in [-0.4, -0.2) is 13.1 Å². The Balaban J connectivity index is 2.08. The second kappa shape index (κ2) is 14.5. The number of benzene rings is 1. The topological polar surface area (TPSA) is 26.3 Å². The molecule has 0 radical (unpaired) electrons. The molecule has 0 bridgehead atoms. The van der Waals surface area contributed by atoms with E-state index in [0.29, 0.717) is 32.1 Å². The van der Waals surface area contributed by atoms with Crippen LogP contribution in [0.1, 0.15) is 44.1 Å². The van der Waals surface area contributed by atoms with Gasteiger partial charge in [-0.05, 0) is 12.0 Å². The zero-order valence-corrected chi connectivity index (χ0v) is 14.7. The van der Waals surface area contributed by atoms with E-state index in [9.17, 15) is 4.79 Å². The standard InChI is InChI=1S/C23H22O2/c1-25-23(24)21-17-12-10-8-6-4-2-3-5-7-9-11-14-18-22-19-15-13-16-20-22/h13,15-16,19-20H,3,6,9,12,17-18,21H2,1H3. The molecule has 1 aromatic rings. The SMILES string of the molecule is COC(=O)CCCC#CCC#CCC#CCC#CCc1ccccc1. The molecule has 25 heavy (non-hydrogen) atoms. The number of unbranched alkanes of at least 4 members (excludes halogenated alkanes) is 1. The molecule has 0 aliphatic heterocycles. The minimum Gasteiger partial charge on any atom is -0.469 e. The van der Waals surface area contributed by atoms with Crippen molar-refractivity contribution < 1.29 is 9.53 Å². The van der Waals surface area contributed by atoms with Gasteiger partial charge in [-0.1, -0.05) is 71.8 Å². The van der Waals surface area contributed by atoms with E-state index in [1.165, 1.54) is 12.7 Å². The third kappa shape index (κ3) is 12.1. The molecule has 0 aromatic heterocycles. The number of rotatable bonds is 4. The second-order valence-corrected chi connectivity index (χ2v) is 5.04. The van der Waals surface area contributed by atoms with Gasteiger partial charge in [-0.15, -0.1) is 5.92 Å². The summed E-state index contributed by atoms with van der Waals surface area (Å²) < 4.78 is 4.55. The Hall–Kier alpha value is -3.07. The van der Waals surface area contributed by atoms with Gasteiger partial charge in [0.05, 0.1) is 26.4 Å². The molecule has 2 heteroatoms. The molecule has 0 unspecified atom stereocenters. The number of hydrogen-bond donors (Lipinski definition) is 0. The molecule has 126 valence electrons. The van der Waals surface area contributed by atoms with Gasteiger partial charge in [-0.3, -0.25) is 4.79 Å². The maximum atomic E-state index is 10.9. The van der Waals surface area contributed by atoms with Gasteiger partial charge in [0.25, 0.3) is 0 Å². The van der Waals surface area contributed by atoms with Crippen LogP contribution in [-0.2, 0) is 16.0 Å². The molecule has 0 saturated heterocycles. The predicted octanol–water partition coefficient (Wildman–Crippen LogP) is 3.76. The van der Waals surface area contributed by atoms with Gasteiger partial charge in [0.15, 0.2) is 0 Å². The summed E-state index contributed by atoms with van der Waals surface area (Å²) in [6.45, 7) is 0. The van der Waals surface area contributed by atoms with E-state index >= 15 is 0 Å². The van der Waals surface area contributed by atoms with E-state index in [2.05, 4.69) is 64.2 Å². The summed E-state index contributed by atoms with van der Waals surface area (Å²) in [5, 5.41) is 0. The van der Waals surface area contributed by atoms with Crippen LogP contribution in [0.2, 0.25) is 0 Å². The quantitative estimate of drug-likeness (QED) is 0.477. The van der Waals surface area contributed by atoms with E-state index < -0.39 is 0 Å². The third-order valence-electron chi connectivity index (χ3n) is 3.08. The number of esters is 1. The van der Waals surface area contributed by atoms with Crippen molar-refractivity contribution in [3.63, 3.8) is 0 Å². The van der Waals surface area contributed by atoms with Crippen molar-refractivity contribution in [3.8, 4) is 47.4 Å². The summed E-state index contributed by atoms with van der Waals surface area (Å²) in [6.07, 6.45) is 4.26. The molecule has 1 aromatic carbocycles. The third-order valence-corrected chi connectivity index (χ3v) is 3.08. The van der Waals surface area contributed by atoms with Crippen molar-refractivity contribution in [2.24, 2.45) is 0 Å². The Morgan fingerprint density at radius 3 is 2.00 bits per heavy atom. The molecule has 0 amide bonds. The van der Waals surface area contributed by atoms with E-state index in [4.69, 9.17) is 0 Å². The fourth-order valence-electron chi connectivity index (χ4n) is 1.78. The number of ether oxygens (including phenoxy) is 1. The second-order valence-electron chi connectivity index (χ2n) is 5.04. The first-order chi connectivity index (χ1) is 12.3. The van der Waals surface area contributed by atoms with Crippen LogP contribution < -0.4 is 0 Å². The highest BCUT2D eigenvalue weighted by Gasteiger charge is 1.96. The van der Waals surface area contributed by atoms with Crippen LogP contribution in [0.5, 0.6) is 0 Å². The van der Waals surface area contributed by atoms with Crippen molar-refractivity contribution in [3.05, 3.63) is 35.9 Å². The predicted molar refractivity (Wildman–Crippen MR) is 101 cm³/mol. The summed E-state index contributed by atoms with van der Waals surface area (Å²) in [6, 6.07) is 10.2. The fraction of sp³-hybridized carbons (Fsp3) is 0.348. The van der Waals surface area contributed by atoms with Crippen LogP contribution >= 0.6 is 0 Å². The maximum absolute atomic E-state index is 10.9. The highest BCUT2D eigenvalue weighted by molar-refractivity contribution is 5.69. The number of hydrogen-bond acceptors (Lipinski definition) is 2. The average Bonchev–Trinajstić information content (AvgIpc) is 2.65. The molecule has 2 nitrogen and oxygen atoms in total. The lowest BCUT2D eigenvalue weighted by Gasteiger charge is -1.93. The van der Waals surface area contributed by atoms with Gasteiger partial charge in [0.2, 0.25) is 0 Å². The van der Waals surface area contributed by atoms with Gasteiger partial charge in [-0.2, -0.15) is 0 Å². The van der Waals surface area contributed by atoms with Gasteiger partial charge in [-0.25, -0.2) is 0 Å². The Kier molecular flexibility index (Phi) is 11.6. The lowest BCUT2D eigenvalue weighted by molar-refractivity contribution is -0.140. The highest BCUT2D eigenvalue weighted by Crippen LogP contribution is 1.98. The minimum absolute atomic E-state index is 0.190. The van der Waals surface area contributed by atoms with E-state index in [1.54, 1.807) is 0 Å². The van der Waals surface area contributed by atoms with Crippen LogP contribution in [0.25, 0.3) is 0 Å². The normalized spacial score (nSPS) is 8.20. The summed E-state index contributed by atoms with van der Waals surface area (Å²) in [4.78, 5) is 10.9. The summed E-state index contributed by atoms with van der Waals surface area (Å²) in [7, 11) is 1.39. The van der Waals surface area contributed by atoms with Crippen molar-refractivity contribution in [1.29, 1.82) is 0 Å². The Morgan fingerprint density at radius 2 is 1.40 bits per heavy atom. The number of methoxy groups -OCH3 is 1. The smallest absolute Gasteiger partial charge is 0.305 e. The molecule has 0 saturated carbocycles. The summed E-state index contributed by atoms with van der Waals surface area (Å²) in [5.74, 6) is 23.9. The van der Waals surface area contributed by atoms with Crippen molar-refractivity contribution in [2.75, 3.05) is 7.11 Å². The largest absolute Gasteiger partial charge is 0.469 e. The molecule has 0 aliphatic rings. The molecule has 0 fully saturated rings. The zero-order valence-electron chi connectivity index (χ0n) is 14.7. The molecule has 0 spiro atoms. The molecule has 0 atom stereocenters. The van der Waals surface area contributed by atoms with Gasteiger partial charge in [0, 0.05) is 19.3 Å². The van der Waals surface area contributed by atoms with Crippen LogP contribution in [0.3, 0.4) is 0 Å². The van der Waals surface area contributed by atoms with E-state index in [0.717, 1.165) is 12.8 Å². The van der Waals surface area contributed by atoms with Crippen LogP contribution in [0.4, 0.5) is 0 Å². The molecule has 0 N–H and O–H groups in total. The van der Waals surface area contributed by atoms with Gasteiger partial charge in [0.1, 0.15) is 0 Å². The molecular weight excluding hydrogens is 308 g/mol. The lowest BCUT2D eigenvalue weighted by atomic mass is 10.1. The minimum atomic E-state index is -0.190. The fourth-order valence-corrected chi connectivity index (χ4v) is 1.78. The van der Waals surface area contributed by atoms with Gasteiger partial charge < -0.3 is 4.74 Å². The van der Waals surface area contributed by atoms with Crippen molar-refractivity contribution >= 4 is 5.97 Å². The lowest BCUT2D eigenvalue weighted by Crippen LogP contribution is -1.98. The van der Waals surface area contributed by atoms with Gasteiger partial charge >= 0.3 is 5.97 Å². The number of carbonyl (C=O) groups is 1. The Bertz CT molecular complexity index is 760. The van der Waals surface area contributed by atoms with E-state index in [-0.39, 0.29) is 5.97 Å². The average molecular weight is 330 g/mol. The van der Waals surface area contributed by atoms with E-state index in [1.807, 2.05) is 18.2 Å². The molecule has 1 rings (SSSR count). The van der Waals surface area contributed by atoms with Crippen LogP contribution in [0, 0.1) is 47.4 Å². The molecular formula is C23H22O2.